The van der Waals surface area contributed by atoms with E-state index in [1.807, 2.05) is 19.9 Å². The van der Waals surface area contributed by atoms with Gasteiger partial charge < -0.3 is 0 Å². The van der Waals surface area contributed by atoms with Gasteiger partial charge in [-0.3, -0.25) is 15.0 Å². The van der Waals surface area contributed by atoms with Crippen LogP contribution in [0.4, 0.5) is 0 Å². The molecule has 0 spiro atoms. The molecule has 2 aromatic heterocycles. The first-order valence-electron chi connectivity index (χ1n) is 6.26. The molecule has 0 aliphatic carbocycles. The molecule has 5 nitrogen and oxygen atoms in total. The Morgan fingerprint density at radius 1 is 1.50 bits per heavy atom. The molecule has 104 valence electrons. The van der Waals surface area contributed by atoms with E-state index in [-0.39, 0.29) is 11.5 Å². The number of amides is 1. The van der Waals surface area contributed by atoms with Crippen LogP contribution in [0.1, 0.15) is 18.7 Å². The molecule has 0 atom stereocenters. The van der Waals surface area contributed by atoms with Gasteiger partial charge in [-0.2, -0.15) is 0 Å². The summed E-state index contributed by atoms with van der Waals surface area (Å²) < 4.78 is 1.11. The molecular weight excluding hydrogens is 274 g/mol. The number of carbonyl (C=O) groups is 1. The fourth-order valence-electron chi connectivity index (χ4n) is 1.64. The average molecular weight is 289 g/mol. The number of aryl methyl sites for hydroxylation is 1. The standard InChI is InChI=1S/C14H15N3O2S/c1-3-5-6-7-12(18)16-17-9-15-13-11(14(17)19)8-10(4-2)20-13/h3,5-9H,4H2,1-2H3,(H,16,18)/b5-3+,7-6+. The van der Waals surface area contributed by atoms with Gasteiger partial charge >= 0.3 is 0 Å². The second-order valence-corrected chi connectivity index (χ2v) is 5.18. The molecule has 0 fully saturated rings. The van der Waals surface area contributed by atoms with Crippen molar-refractivity contribution in [3.05, 3.63) is 51.9 Å². The first kappa shape index (κ1) is 14.2. The van der Waals surface area contributed by atoms with Crippen LogP contribution in [0.25, 0.3) is 10.2 Å². The molecule has 0 bridgehead atoms. The van der Waals surface area contributed by atoms with Crippen molar-refractivity contribution < 1.29 is 4.79 Å². The molecule has 0 saturated heterocycles. The highest BCUT2D eigenvalue weighted by Gasteiger charge is 2.08. The van der Waals surface area contributed by atoms with Crippen molar-refractivity contribution in [2.45, 2.75) is 20.3 Å². The minimum absolute atomic E-state index is 0.265. The number of carbonyl (C=O) groups excluding carboxylic acids is 1. The normalized spacial score (nSPS) is 11.7. The van der Waals surface area contributed by atoms with Gasteiger partial charge in [0.05, 0.1) is 5.39 Å². The van der Waals surface area contributed by atoms with E-state index in [4.69, 9.17) is 0 Å². The molecule has 1 amide bonds. The van der Waals surface area contributed by atoms with Gasteiger partial charge in [0.25, 0.3) is 11.5 Å². The van der Waals surface area contributed by atoms with Gasteiger partial charge in [-0.1, -0.05) is 25.2 Å². The molecule has 0 aliphatic heterocycles. The van der Waals surface area contributed by atoms with E-state index in [0.717, 1.165) is 16.0 Å². The summed E-state index contributed by atoms with van der Waals surface area (Å²) in [7, 11) is 0. The topological polar surface area (TPSA) is 64.0 Å². The number of fused-ring (bicyclic) bond motifs is 1. The second-order valence-electron chi connectivity index (χ2n) is 4.07. The lowest BCUT2D eigenvalue weighted by atomic mass is 10.3. The molecule has 0 radical (unpaired) electrons. The lowest BCUT2D eigenvalue weighted by molar-refractivity contribution is -0.112. The monoisotopic (exact) mass is 289 g/mol. The Balaban J connectivity index is 2.29. The molecule has 6 heteroatoms. The summed E-state index contributed by atoms with van der Waals surface area (Å²) in [4.78, 5) is 29.8. The lowest BCUT2D eigenvalue weighted by Crippen LogP contribution is -2.32. The number of allylic oxidation sites excluding steroid dienone is 3. The van der Waals surface area contributed by atoms with E-state index in [1.165, 1.54) is 23.7 Å². The van der Waals surface area contributed by atoms with E-state index in [0.29, 0.717) is 10.2 Å². The molecule has 0 aliphatic rings. The van der Waals surface area contributed by atoms with Gasteiger partial charge in [0, 0.05) is 11.0 Å². The molecule has 0 unspecified atom stereocenters. The number of aromatic nitrogens is 2. The maximum Gasteiger partial charge on any atom is 0.280 e. The Morgan fingerprint density at radius 3 is 3.00 bits per heavy atom. The van der Waals surface area contributed by atoms with Crippen LogP contribution >= 0.6 is 11.3 Å². The number of hydrogen-bond acceptors (Lipinski definition) is 4. The highest BCUT2D eigenvalue weighted by atomic mass is 32.1. The molecule has 20 heavy (non-hydrogen) atoms. The number of thiophene rings is 1. The quantitative estimate of drug-likeness (QED) is 0.693. The predicted octanol–water partition coefficient (Wildman–Crippen LogP) is 2.22. The Kier molecular flexibility index (Phi) is 4.47. The van der Waals surface area contributed by atoms with Crippen molar-refractivity contribution in [2.75, 3.05) is 5.43 Å². The Labute approximate surface area is 120 Å². The summed E-state index contributed by atoms with van der Waals surface area (Å²) in [6.45, 7) is 3.88. The third kappa shape index (κ3) is 3.03. The summed E-state index contributed by atoms with van der Waals surface area (Å²) in [5.41, 5.74) is 2.21. The summed E-state index contributed by atoms with van der Waals surface area (Å²) in [5, 5.41) is 0.534. The van der Waals surface area contributed by atoms with Gasteiger partial charge in [-0.25, -0.2) is 9.66 Å². The van der Waals surface area contributed by atoms with Crippen LogP contribution in [0, 0.1) is 0 Å². The van der Waals surface area contributed by atoms with E-state index in [1.54, 1.807) is 18.2 Å². The predicted molar refractivity (Wildman–Crippen MR) is 81.6 cm³/mol. The van der Waals surface area contributed by atoms with Crippen molar-refractivity contribution in [3.63, 3.8) is 0 Å². The first-order valence-corrected chi connectivity index (χ1v) is 7.07. The van der Waals surface area contributed by atoms with Crippen LogP contribution in [-0.4, -0.2) is 15.6 Å². The molecule has 2 aromatic rings. The SMILES string of the molecule is C/C=C/C=C/C(=O)Nn1cnc2sc(CC)cc2c1=O. The van der Waals surface area contributed by atoms with E-state index >= 15 is 0 Å². The van der Waals surface area contributed by atoms with Crippen LogP contribution in [-0.2, 0) is 11.2 Å². The second kappa shape index (κ2) is 6.29. The third-order valence-electron chi connectivity index (χ3n) is 2.63. The van der Waals surface area contributed by atoms with Crippen molar-refractivity contribution in [2.24, 2.45) is 0 Å². The highest BCUT2D eigenvalue weighted by molar-refractivity contribution is 7.18. The van der Waals surface area contributed by atoms with Gasteiger partial charge in [0.2, 0.25) is 0 Å². The first-order chi connectivity index (χ1) is 9.65. The van der Waals surface area contributed by atoms with Crippen molar-refractivity contribution in [1.29, 1.82) is 0 Å². The van der Waals surface area contributed by atoms with Crippen LogP contribution in [0.3, 0.4) is 0 Å². The summed E-state index contributed by atoms with van der Waals surface area (Å²) >= 11 is 1.50. The molecular formula is C14H15N3O2S. The Morgan fingerprint density at radius 2 is 2.30 bits per heavy atom. The fraction of sp³-hybridized carbons (Fsp3) is 0.214. The Bertz CT molecular complexity index is 740. The van der Waals surface area contributed by atoms with E-state index < -0.39 is 0 Å². The fourth-order valence-corrected chi connectivity index (χ4v) is 2.56. The summed E-state index contributed by atoms with van der Waals surface area (Å²) in [5.74, 6) is -0.378. The van der Waals surface area contributed by atoms with Crippen LogP contribution in [0.2, 0.25) is 0 Å². The minimum Gasteiger partial charge on any atom is -0.268 e. The van der Waals surface area contributed by atoms with Gasteiger partial charge in [-0.05, 0) is 19.4 Å². The van der Waals surface area contributed by atoms with Gasteiger partial charge in [-0.15, -0.1) is 11.3 Å². The molecule has 1 N–H and O–H groups in total. The molecule has 0 aromatic carbocycles. The molecule has 2 heterocycles. The largest absolute Gasteiger partial charge is 0.280 e. The number of nitrogens with zero attached hydrogens (tertiary/aromatic N) is 2. The van der Waals surface area contributed by atoms with Crippen LogP contribution < -0.4 is 11.0 Å². The molecule has 0 saturated carbocycles. The van der Waals surface area contributed by atoms with Crippen molar-refractivity contribution in [1.82, 2.24) is 9.66 Å². The minimum atomic E-state index is -0.378. The number of nitrogens with one attached hydrogen (secondary N) is 1. The average Bonchev–Trinajstić information content (AvgIpc) is 2.86. The van der Waals surface area contributed by atoms with Crippen LogP contribution in [0.5, 0.6) is 0 Å². The smallest absolute Gasteiger partial charge is 0.268 e. The summed E-state index contributed by atoms with van der Waals surface area (Å²) in [6, 6.07) is 1.83. The highest BCUT2D eigenvalue weighted by Crippen LogP contribution is 2.20. The zero-order chi connectivity index (χ0) is 14.5. The van der Waals surface area contributed by atoms with E-state index in [9.17, 15) is 9.59 Å². The van der Waals surface area contributed by atoms with Crippen LogP contribution in [0.15, 0.2) is 41.5 Å². The third-order valence-corrected chi connectivity index (χ3v) is 3.82. The maximum atomic E-state index is 12.2. The van der Waals surface area contributed by atoms with Gasteiger partial charge in [0.1, 0.15) is 11.2 Å². The van der Waals surface area contributed by atoms with Crippen molar-refractivity contribution >= 4 is 27.5 Å². The maximum absolute atomic E-state index is 12.2. The van der Waals surface area contributed by atoms with E-state index in [2.05, 4.69) is 10.4 Å². The number of hydrogen-bond donors (Lipinski definition) is 1. The number of rotatable bonds is 4. The van der Waals surface area contributed by atoms with Gasteiger partial charge in [0.15, 0.2) is 0 Å². The molecule has 2 rings (SSSR count). The van der Waals surface area contributed by atoms with Crippen molar-refractivity contribution in [3.8, 4) is 0 Å². The zero-order valence-corrected chi connectivity index (χ0v) is 12.1. The zero-order valence-electron chi connectivity index (χ0n) is 11.3. The Hall–Kier alpha value is -2.21. The summed E-state index contributed by atoms with van der Waals surface area (Å²) in [6.07, 6.45) is 8.69. The lowest BCUT2D eigenvalue weighted by Gasteiger charge is -2.04.